The first-order chi connectivity index (χ1) is 13.6. The van der Waals surface area contributed by atoms with Crippen LogP contribution in [0.1, 0.15) is 24.3 Å². The van der Waals surface area contributed by atoms with Crippen LogP contribution >= 0.6 is 11.3 Å². The van der Waals surface area contributed by atoms with Gasteiger partial charge in [-0.2, -0.15) is 0 Å². The van der Waals surface area contributed by atoms with Crippen molar-refractivity contribution in [3.8, 4) is 11.3 Å². The van der Waals surface area contributed by atoms with Crippen molar-refractivity contribution < 1.29 is 14.0 Å². The Bertz CT molecular complexity index is 885. The molecule has 3 fully saturated rings. The summed E-state index contributed by atoms with van der Waals surface area (Å²) in [6, 6.07) is 5.85. The highest BCUT2D eigenvalue weighted by Crippen LogP contribution is 2.32. The molecule has 1 N–H and O–H groups in total. The van der Waals surface area contributed by atoms with Gasteiger partial charge in [0, 0.05) is 36.6 Å². The Hall–Kier alpha value is -2.32. The van der Waals surface area contributed by atoms with E-state index in [0.717, 1.165) is 29.1 Å². The minimum absolute atomic E-state index is 0.0936. The maximum Gasteiger partial charge on any atom is 0.246 e. The molecule has 0 unspecified atom stereocenters. The fourth-order valence-electron chi connectivity index (χ4n) is 4.51. The molecule has 3 atom stereocenters. The number of nitrogens with one attached hydrogen (secondary N) is 1. The predicted octanol–water partition coefficient (Wildman–Crippen LogP) is 2.01. The first-order valence-corrected chi connectivity index (χ1v) is 10.5. The van der Waals surface area contributed by atoms with E-state index in [9.17, 15) is 14.0 Å². The number of rotatable bonds is 4. The Morgan fingerprint density at radius 1 is 1.14 bits per heavy atom. The summed E-state index contributed by atoms with van der Waals surface area (Å²) in [5.74, 6) is -0.0402. The number of hydrogen-bond donors (Lipinski definition) is 1. The molecule has 0 aliphatic carbocycles. The third-order valence-electron chi connectivity index (χ3n) is 5.92. The SMILES string of the molecule is O=C1[C@@H]2C[C@H](NCc3nc(-c4ccc(F)cc4)cs3)CN2C(=O)[C@H]2CCCN12. The van der Waals surface area contributed by atoms with Crippen molar-refractivity contribution in [1.82, 2.24) is 20.1 Å². The molecule has 6 nitrogen and oxygen atoms in total. The van der Waals surface area contributed by atoms with E-state index in [1.54, 1.807) is 33.3 Å². The van der Waals surface area contributed by atoms with Gasteiger partial charge in [0.2, 0.25) is 11.8 Å². The summed E-state index contributed by atoms with van der Waals surface area (Å²) in [6.07, 6.45) is 2.37. The van der Waals surface area contributed by atoms with E-state index in [-0.39, 0.29) is 35.8 Å². The fraction of sp³-hybridized carbons (Fsp3) is 0.450. The third kappa shape index (κ3) is 3.00. The summed E-state index contributed by atoms with van der Waals surface area (Å²) in [5, 5.41) is 6.35. The van der Waals surface area contributed by atoms with Gasteiger partial charge in [0.15, 0.2) is 0 Å². The van der Waals surface area contributed by atoms with E-state index in [1.165, 1.54) is 12.1 Å². The maximum absolute atomic E-state index is 13.1. The molecule has 0 saturated carbocycles. The normalized spacial score (nSPS) is 26.7. The van der Waals surface area contributed by atoms with Gasteiger partial charge < -0.3 is 15.1 Å². The molecule has 4 heterocycles. The predicted molar refractivity (Wildman–Crippen MR) is 103 cm³/mol. The number of nitrogens with zero attached hydrogens (tertiary/aromatic N) is 3. The zero-order chi connectivity index (χ0) is 19.3. The molecule has 146 valence electrons. The molecule has 28 heavy (non-hydrogen) atoms. The molecule has 3 aliphatic heterocycles. The molecular formula is C20H21FN4O2S. The zero-order valence-corrected chi connectivity index (χ0v) is 16.1. The van der Waals surface area contributed by atoms with Gasteiger partial charge in [0.05, 0.1) is 5.69 Å². The summed E-state index contributed by atoms with van der Waals surface area (Å²) in [6.45, 7) is 1.88. The number of thiazole rings is 1. The Balaban J connectivity index is 1.22. The van der Waals surface area contributed by atoms with Crippen LogP contribution in [0.5, 0.6) is 0 Å². The maximum atomic E-state index is 13.1. The minimum atomic E-state index is -0.314. The van der Waals surface area contributed by atoms with Crippen molar-refractivity contribution in [1.29, 1.82) is 0 Å². The van der Waals surface area contributed by atoms with Crippen LogP contribution in [-0.4, -0.2) is 57.8 Å². The van der Waals surface area contributed by atoms with Crippen molar-refractivity contribution in [3.63, 3.8) is 0 Å². The monoisotopic (exact) mass is 400 g/mol. The molecule has 1 aromatic carbocycles. The van der Waals surface area contributed by atoms with E-state index in [4.69, 9.17) is 0 Å². The second kappa shape index (κ2) is 6.93. The van der Waals surface area contributed by atoms with E-state index in [2.05, 4.69) is 10.3 Å². The van der Waals surface area contributed by atoms with Crippen molar-refractivity contribution in [2.75, 3.05) is 13.1 Å². The number of halogens is 1. The average Bonchev–Trinajstić information content (AvgIpc) is 3.44. The lowest BCUT2D eigenvalue weighted by atomic mass is 10.1. The van der Waals surface area contributed by atoms with Crippen molar-refractivity contribution >= 4 is 23.2 Å². The highest BCUT2D eigenvalue weighted by molar-refractivity contribution is 7.09. The summed E-state index contributed by atoms with van der Waals surface area (Å²) in [5.41, 5.74) is 1.72. The molecule has 0 bridgehead atoms. The highest BCUT2D eigenvalue weighted by Gasteiger charge is 2.51. The number of carbonyl (C=O) groups is 2. The number of benzene rings is 1. The van der Waals surface area contributed by atoms with Gasteiger partial charge in [-0.25, -0.2) is 9.37 Å². The molecular weight excluding hydrogens is 379 g/mol. The van der Waals surface area contributed by atoms with Gasteiger partial charge in [0.1, 0.15) is 22.9 Å². The largest absolute Gasteiger partial charge is 0.329 e. The van der Waals surface area contributed by atoms with E-state index in [0.29, 0.717) is 26.1 Å². The van der Waals surface area contributed by atoms with Crippen LogP contribution in [0.3, 0.4) is 0 Å². The lowest BCUT2D eigenvalue weighted by Gasteiger charge is -2.38. The van der Waals surface area contributed by atoms with Crippen LogP contribution in [0.4, 0.5) is 4.39 Å². The Labute approximate surface area is 166 Å². The van der Waals surface area contributed by atoms with E-state index < -0.39 is 0 Å². The van der Waals surface area contributed by atoms with Crippen molar-refractivity contribution in [3.05, 3.63) is 40.5 Å². The molecule has 5 rings (SSSR count). The van der Waals surface area contributed by atoms with Crippen molar-refractivity contribution in [2.45, 2.75) is 43.9 Å². The van der Waals surface area contributed by atoms with E-state index >= 15 is 0 Å². The Morgan fingerprint density at radius 3 is 2.75 bits per heavy atom. The van der Waals surface area contributed by atoms with Gasteiger partial charge in [-0.3, -0.25) is 9.59 Å². The van der Waals surface area contributed by atoms with Gasteiger partial charge in [-0.15, -0.1) is 11.3 Å². The third-order valence-corrected chi connectivity index (χ3v) is 6.77. The number of carbonyl (C=O) groups excluding carboxylic acids is 2. The molecule has 3 saturated heterocycles. The fourth-order valence-corrected chi connectivity index (χ4v) is 5.26. The second-order valence-corrected chi connectivity index (χ2v) is 8.59. The highest BCUT2D eigenvalue weighted by atomic mass is 32.1. The number of fused-ring (bicyclic) bond motifs is 2. The molecule has 1 aromatic heterocycles. The number of amides is 2. The van der Waals surface area contributed by atoms with Gasteiger partial charge in [-0.05, 0) is 43.5 Å². The van der Waals surface area contributed by atoms with Crippen LogP contribution in [0, 0.1) is 5.82 Å². The average molecular weight is 400 g/mol. The molecule has 0 spiro atoms. The van der Waals surface area contributed by atoms with Crippen LogP contribution < -0.4 is 5.32 Å². The van der Waals surface area contributed by atoms with Crippen molar-refractivity contribution in [2.24, 2.45) is 0 Å². The number of aromatic nitrogens is 1. The summed E-state index contributed by atoms with van der Waals surface area (Å²) in [4.78, 5) is 33.6. The zero-order valence-electron chi connectivity index (χ0n) is 15.3. The van der Waals surface area contributed by atoms with Crippen LogP contribution in [-0.2, 0) is 16.1 Å². The number of piperazine rings is 1. The number of hydrogen-bond acceptors (Lipinski definition) is 5. The standard InChI is InChI=1S/C20H21FN4O2S/c21-13-5-3-12(4-6-13)15-11-28-18(23-15)9-22-14-8-17-20(27)24-7-1-2-16(24)19(26)25(17)10-14/h3-6,11,14,16-17,22H,1-2,7-10H2/t14-,16+,17-/m0/s1. The lowest BCUT2D eigenvalue weighted by molar-refractivity contribution is -0.156. The Morgan fingerprint density at radius 2 is 1.93 bits per heavy atom. The van der Waals surface area contributed by atoms with Crippen LogP contribution in [0.2, 0.25) is 0 Å². The molecule has 0 radical (unpaired) electrons. The molecule has 2 amide bonds. The minimum Gasteiger partial charge on any atom is -0.329 e. The first kappa shape index (κ1) is 17.8. The first-order valence-electron chi connectivity index (χ1n) is 9.65. The van der Waals surface area contributed by atoms with Gasteiger partial charge in [-0.1, -0.05) is 0 Å². The van der Waals surface area contributed by atoms with E-state index in [1.807, 2.05) is 5.38 Å². The summed E-state index contributed by atoms with van der Waals surface area (Å²) in [7, 11) is 0. The Kier molecular flexibility index (Phi) is 4.40. The summed E-state index contributed by atoms with van der Waals surface area (Å²) < 4.78 is 13.1. The van der Waals surface area contributed by atoms with Gasteiger partial charge in [0.25, 0.3) is 0 Å². The molecule has 8 heteroatoms. The smallest absolute Gasteiger partial charge is 0.246 e. The second-order valence-electron chi connectivity index (χ2n) is 7.64. The lowest BCUT2D eigenvalue weighted by Crippen LogP contribution is -2.60. The topological polar surface area (TPSA) is 65.5 Å². The van der Waals surface area contributed by atoms with Crippen LogP contribution in [0.25, 0.3) is 11.3 Å². The summed E-state index contributed by atoms with van der Waals surface area (Å²) >= 11 is 1.55. The molecule has 2 aromatic rings. The quantitative estimate of drug-likeness (QED) is 0.853. The van der Waals surface area contributed by atoms with Gasteiger partial charge >= 0.3 is 0 Å². The molecule has 3 aliphatic rings. The van der Waals surface area contributed by atoms with Crippen LogP contribution in [0.15, 0.2) is 29.6 Å².